The molecule has 0 aliphatic heterocycles. The second kappa shape index (κ2) is 7.64. The van der Waals surface area contributed by atoms with Crippen LogP contribution < -0.4 is 15.2 Å². The van der Waals surface area contributed by atoms with E-state index in [1.807, 2.05) is 6.07 Å². The van der Waals surface area contributed by atoms with Crippen LogP contribution in [0.3, 0.4) is 0 Å². The van der Waals surface area contributed by atoms with Gasteiger partial charge in [0.25, 0.3) is 0 Å². The summed E-state index contributed by atoms with van der Waals surface area (Å²) < 4.78 is 11.1. The minimum atomic E-state index is -0.649. The smallest absolute Gasteiger partial charge is 0.365 e. The molecule has 0 saturated heterocycles. The van der Waals surface area contributed by atoms with Crippen LogP contribution in [0.5, 0.6) is 11.5 Å². The molecule has 0 spiro atoms. The van der Waals surface area contributed by atoms with Crippen LogP contribution in [0, 0.1) is 0 Å². The van der Waals surface area contributed by atoms with Crippen LogP contribution in [0.2, 0.25) is 0 Å². The molecule has 2 N–H and O–H groups in total. The lowest BCUT2D eigenvalue weighted by Gasteiger charge is -2.08. The maximum Gasteiger partial charge on any atom is 0.365 e. The molecule has 0 aliphatic carbocycles. The molecule has 0 amide bonds. The highest BCUT2D eigenvalue weighted by Crippen LogP contribution is 2.27. The molecular formula is C16H15BrN2O4. The Morgan fingerprint density at radius 1 is 1.04 bits per heavy atom. The largest absolute Gasteiger partial charge is 0.493 e. The number of hydrogen-bond acceptors (Lipinski definition) is 5. The molecule has 0 aliphatic rings. The Hall–Kier alpha value is -2.54. The Kier molecular flexibility index (Phi) is 5.59. The lowest BCUT2D eigenvalue weighted by molar-refractivity contribution is 0.0515. The first-order valence-corrected chi connectivity index (χ1v) is 7.37. The van der Waals surface area contributed by atoms with E-state index >= 15 is 0 Å². The van der Waals surface area contributed by atoms with Gasteiger partial charge in [-0.1, -0.05) is 33.2 Å². The lowest BCUT2D eigenvalue weighted by Crippen LogP contribution is -2.15. The Morgan fingerprint density at radius 2 is 1.78 bits per heavy atom. The van der Waals surface area contributed by atoms with Crippen molar-refractivity contribution in [1.82, 2.24) is 0 Å². The van der Waals surface area contributed by atoms with Crippen molar-refractivity contribution in [2.45, 2.75) is 0 Å². The molecule has 0 aromatic heterocycles. The maximum atomic E-state index is 12.0. The van der Waals surface area contributed by atoms with Crippen LogP contribution >= 0.6 is 15.9 Å². The predicted molar refractivity (Wildman–Crippen MR) is 89.8 cm³/mol. The number of amidine groups is 1. The van der Waals surface area contributed by atoms with Crippen molar-refractivity contribution in [3.63, 3.8) is 0 Å². The zero-order valence-corrected chi connectivity index (χ0v) is 14.2. The third kappa shape index (κ3) is 4.23. The molecular weight excluding hydrogens is 364 g/mol. The summed E-state index contributed by atoms with van der Waals surface area (Å²) in [6.45, 7) is 0. The Bertz CT molecular complexity index is 747. The van der Waals surface area contributed by atoms with E-state index in [1.54, 1.807) is 30.3 Å². The molecule has 0 fully saturated rings. The summed E-state index contributed by atoms with van der Waals surface area (Å²) in [4.78, 5) is 16.9. The summed E-state index contributed by atoms with van der Waals surface area (Å²) in [5, 5.41) is 3.66. The van der Waals surface area contributed by atoms with Crippen molar-refractivity contribution in [1.29, 1.82) is 0 Å². The van der Waals surface area contributed by atoms with E-state index in [9.17, 15) is 4.79 Å². The van der Waals surface area contributed by atoms with Gasteiger partial charge >= 0.3 is 5.97 Å². The van der Waals surface area contributed by atoms with Gasteiger partial charge in [0.05, 0.1) is 19.8 Å². The zero-order valence-electron chi connectivity index (χ0n) is 12.6. The van der Waals surface area contributed by atoms with E-state index in [0.29, 0.717) is 17.1 Å². The fraction of sp³-hybridized carbons (Fsp3) is 0.125. The van der Waals surface area contributed by atoms with E-state index in [-0.39, 0.29) is 11.4 Å². The predicted octanol–water partition coefficient (Wildman–Crippen LogP) is 2.94. The molecule has 2 aromatic rings. The fourth-order valence-electron chi connectivity index (χ4n) is 1.81. The average Bonchev–Trinajstić information content (AvgIpc) is 2.58. The number of hydrogen-bond donors (Lipinski definition) is 1. The number of ether oxygens (including phenoxy) is 2. The Labute approximate surface area is 142 Å². The highest BCUT2D eigenvalue weighted by atomic mass is 79.9. The molecule has 0 saturated carbocycles. The molecule has 0 heterocycles. The molecule has 0 radical (unpaired) electrons. The minimum Gasteiger partial charge on any atom is -0.493 e. The van der Waals surface area contributed by atoms with Crippen LogP contribution in [0.4, 0.5) is 0 Å². The summed E-state index contributed by atoms with van der Waals surface area (Å²) in [7, 11) is 3.00. The summed E-state index contributed by atoms with van der Waals surface area (Å²) in [5.41, 5.74) is 6.71. The highest BCUT2D eigenvalue weighted by Gasteiger charge is 2.12. The summed E-state index contributed by atoms with van der Waals surface area (Å²) >= 11 is 3.33. The molecule has 0 atom stereocenters. The SMILES string of the molecule is COc1ccc(C(=O)O/N=C(\N)c2cccc(Br)c2)cc1OC. The van der Waals surface area contributed by atoms with E-state index in [1.165, 1.54) is 20.3 Å². The monoisotopic (exact) mass is 378 g/mol. The van der Waals surface area contributed by atoms with Gasteiger partial charge < -0.3 is 20.0 Å². The van der Waals surface area contributed by atoms with Crippen molar-refractivity contribution in [3.05, 3.63) is 58.1 Å². The van der Waals surface area contributed by atoms with Crippen molar-refractivity contribution >= 4 is 27.7 Å². The van der Waals surface area contributed by atoms with Crippen LogP contribution in [-0.2, 0) is 4.84 Å². The van der Waals surface area contributed by atoms with Crippen molar-refractivity contribution in [2.75, 3.05) is 14.2 Å². The van der Waals surface area contributed by atoms with Crippen LogP contribution in [0.15, 0.2) is 52.1 Å². The zero-order chi connectivity index (χ0) is 16.8. The molecule has 6 nitrogen and oxygen atoms in total. The van der Waals surface area contributed by atoms with Gasteiger partial charge in [-0.3, -0.25) is 0 Å². The van der Waals surface area contributed by atoms with Crippen LogP contribution in [-0.4, -0.2) is 26.0 Å². The Balaban J connectivity index is 2.14. The van der Waals surface area contributed by atoms with E-state index < -0.39 is 5.97 Å². The summed E-state index contributed by atoms with van der Waals surface area (Å²) in [6, 6.07) is 11.8. The second-order valence-corrected chi connectivity index (χ2v) is 5.35. The highest BCUT2D eigenvalue weighted by molar-refractivity contribution is 9.10. The number of nitrogens with two attached hydrogens (primary N) is 1. The summed E-state index contributed by atoms with van der Waals surface area (Å²) in [5.74, 6) is 0.385. The number of rotatable bonds is 5. The number of carbonyl (C=O) groups excluding carboxylic acids is 1. The third-order valence-corrected chi connectivity index (χ3v) is 3.46. The minimum absolute atomic E-state index is 0.0973. The average molecular weight is 379 g/mol. The topological polar surface area (TPSA) is 83.1 Å². The van der Waals surface area contributed by atoms with Gasteiger partial charge in [0.1, 0.15) is 0 Å². The number of nitrogens with zero attached hydrogens (tertiary/aromatic N) is 1. The number of oxime groups is 1. The van der Waals surface area contributed by atoms with Gasteiger partial charge in [-0.15, -0.1) is 0 Å². The second-order valence-electron chi connectivity index (χ2n) is 4.44. The fourth-order valence-corrected chi connectivity index (χ4v) is 2.21. The van der Waals surface area contributed by atoms with Crippen LogP contribution in [0.1, 0.15) is 15.9 Å². The first kappa shape index (κ1) is 16.8. The van der Waals surface area contributed by atoms with Crippen molar-refractivity contribution < 1.29 is 19.1 Å². The Morgan fingerprint density at radius 3 is 2.43 bits per heavy atom. The number of carbonyl (C=O) groups is 1. The molecule has 23 heavy (non-hydrogen) atoms. The molecule has 0 unspecified atom stereocenters. The number of benzene rings is 2. The number of methoxy groups -OCH3 is 2. The normalized spacial score (nSPS) is 11.0. The summed E-state index contributed by atoms with van der Waals surface area (Å²) in [6.07, 6.45) is 0. The third-order valence-electron chi connectivity index (χ3n) is 2.97. The van der Waals surface area contributed by atoms with Gasteiger partial charge in [0.2, 0.25) is 0 Å². The molecule has 2 aromatic carbocycles. The molecule has 120 valence electrons. The van der Waals surface area contributed by atoms with E-state index in [4.69, 9.17) is 20.0 Å². The first-order valence-electron chi connectivity index (χ1n) is 6.58. The lowest BCUT2D eigenvalue weighted by atomic mass is 10.2. The van der Waals surface area contributed by atoms with Gasteiger partial charge in [-0.2, -0.15) is 0 Å². The number of halogens is 1. The standard InChI is InChI=1S/C16H15BrN2O4/c1-21-13-7-6-11(9-14(13)22-2)16(20)23-19-15(18)10-4-3-5-12(17)8-10/h3-9H,1-2H3,(H2,18,19). The quantitative estimate of drug-likeness (QED) is 0.374. The van der Waals surface area contributed by atoms with Gasteiger partial charge in [0.15, 0.2) is 17.3 Å². The first-order chi connectivity index (χ1) is 11.0. The van der Waals surface area contributed by atoms with Gasteiger partial charge in [0, 0.05) is 10.0 Å². The van der Waals surface area contributed by atoms with Crippen LogP contribution in [0.25, 0.3) is 0 Å². The maximum absolute atomic E-state index is 12.0. The molecule has 0 bridgehead atoms. The van der Waals surface area contributed by atoms with E-state index in [0.717, 1.165) is 4.47 Å². The molecule has 7 heteroatoms. The van der Waals surface area contributed by atoms with Gasteiger partial charge in [-0.05, 0) is 30.3 Å². The van der Waals surface area contributed by atoms with E-state index in [2.05, 4.69) is 21.1 Å². The van der Waals surface area contributed by atoms with Crippen molar-refractivity contribution in [3.8, 4) is 11.5 Å². The van der Waals surface area contributed by atoms with Crippen molar-refractivity contribution in [2.24, 2.45) is 10.9 Å². The van der Waals surface area contributed by atoms with Gasteiger partial charge in [-0.25, -0.2) is 4.79 Å². The molecule has 2 rings (SSSR count).